The Morgan fingerprint density at radius 3 is 2.85 bits per heavy atom. The molecule has 1 fully saturated rings. The monoisotopic (exact) mass is 189 g/mol. The van der Waals surface area contributed by atoms with Gasteiger partial charge in [-0.1, -0.05) is 11.5 Å². The van der Waals surface area contributed by atoms with Crippen molar-refractivity contribution in [2.45, 2.75) is 38.0 Å². The van der Waals surface area contributed by atoms with Crippen molar-refractivity contribution in [2.24, 2.45) is 11.0 Å². The van der Waals surface area contributed by atoms with Gasteiger partial charge in [0.2, 0.25) is 0 Å². The lowest BCUT2D eigenvalue weighted by atomic mass is 9.83. The van der Waals surface area contributed by atoms with Crippen LogP contribution in [-0.4, -0.2) is 12.5 Å². The fourth-order valence-corrected chi connectivity index (χ4v) is 1.78. The summed E-state index contributed by atoms with van der Waals surface area (Å²) >= 11 is 0. The quantitative estimate of drug-likeness (QED) is 0.370. The van der Waals surface area contributed by atoms with E-state index in [0.717, 1.165) is 6.42 Å². The van der Waals surface area contributed by atoms with E-state index in [1.165, 1.54) is 0 Å². The Kier molecular flexibility index (Phi) is 3.48. The topological polar surface area (TPSA) is 48.8 Å². The molecule has 0 spiro atoms. The molecule has 5 heteroatoms. The van der Waals surface area contributed by atoms with Crippen molar-refractivity contribution in [3.8, 4) is 0 Å². The lowest BCUT2D eigenvalue weighted by Crippen LogP contribution is -2.32. The van der Waals surface area contributed by atoms with Gasteiger partial charge in [0, 0.05) is 23.8 Å². The Hall–Kier alpha value is -0.830. The van der Waals surface area contributed by atoms with Gasteiger partial charge in [0.1, 0.15) is 0 Å². The molecule has 1 aliphatic carbocycles. The van der Waals surface area contributed by atoms with E-state index in [1.54, 1.807) is 0 Å². The first-order chi connectivity index (χ1) is 6.17. The SMILES string of the molecule is [N-]=[N+]=NCCC1CCCCC1(F)F. The molecule has 1 rings (SSSR count). The molecule has 1 aliphatic rings. The van der Waals surface area contributed by atoms with Crippen molar-refractivity contribution in [3.63, 3.8) is 0 Å². The average Bonchev–Trinajstić information content (AvgIpc) is 2.08. The fraction of sp³-hybridized carbons (Fsp3) is 1.00. The maximum absolute atomic E-state index is 13.2. The normalized spacial score (nSPS) is 26.5. The van der Waals surface area contributed by atoms with Crippen LogP contribution in [0, 0.1) is 5.92 Å². The van der Waals surface area contributed by atoms with Gasteiger partial charge in [0.15, 0.2) is 0 Å². The minimum atomic E-state index is -2.54. The summed E-state index contributed by atoms with van der Waals surface area (Å²) in [6.07, 6.45) is 2.36. The second kappa shape index (κ2) is 4.42. The highest BCUT2D eigenvalue weighted by Crippen LogP contribution is 2.40. The van der Waals surface area contributed by atoms with E-state index >= 15 is 0 Å². The Balaban J connectivity index is 2.41. The predicted molar refractivity (Wildman–Crippen MR) is 45.5 cm³/mol. The molecule has 0 bridgehead atoms. The maximum Gasteiger partial charge on any atom is 0.250 e. The molecule has 13 heavy (non-hydrogen) atoms. The number of alkyl halides is 2. The third kappa shape index (κ3) is 2.84. The van der Waals surface area contributed by atoms with Crippen molar-refractivity contribution in [2.75, 3.05) is 6.54 Å². The number of halogens is 2. The molecule has 0 N–H and O–H groups in total. The Morgan fingerprint density at radius 1 is 1.46 bits per heavy atom. The highest BCUT2D eigenvalue weighted by Gasteiger charge is 2.40. The standard InChI is InChI=1S/C8H13F2N3/c9-8(10)5-2-1-3-7(8)4-6-12-13-11/h7H,1-6H2. The van der Waals surface area contributed by atoms with Crippen molar-refractivity contribution in [1.82, 2.24) is 0 Å². The van der Waals surface area contributed by atoms with E-state index in [1.807, 2.05) is 0 Å². The van der Waals surface area contributed by atoms with Crippen LogP contribution in [0.15, 0.2) is 5.11 Å². The molecule has 0 aromatic heterocycles. The average molecular weight is 189 g/mol. The lowest BCUT2D eigenvalue weighted by Gasteiger charge is -2.30. The molecule has 0 heterocycles. The van der Waals surface area contributed by atoms with Gasteiger partial charge in [-0.25, -0.2) is 8.78 Å². The highest BCUT2D eigenvalue weighted by molar-refractivity contribution is 4.82. The second-order valence-corrected chi connectivity index (χ2v) is 3.45. The highest BCUT2D eigenvalue weighted by atomic mass is 19.3. The van der Waals surface area contributed by atoms with Gasteiger partial charge < -0.3 is 0 Å². The van der Waals surface area contributed by atoms with Crippen LogP contribution in [-0.2, 0) is 0 Å². The summed E-state index contributed by atoms with van der Waals surface area (Å²) in [7, 11) is 0. The van der Waals surface area contributed by atoms with E-state index < -0.39 is 11.8 Å². The van der Waals surface area contributed by atoms with Gasteiger partial charge in [-0.15, -0.1) is 0 Å². The number of hydrogen-bond donors (Lipinski definition) is 0. The van der Waals surface area contributed by atoms with E-state index in [0.29, 0.717) is 19.3 Å². The van der Waals surface area contributed by atoms with E-state index in [2.05, 4.69) is 10.0 Å². The molecule has 1 saturated carbocycles. The van der Waals surface area contributed by atoms with E-state index in [9.17, 15) is 8.78 Å². The number of nitrogens with zero attached hydrogens (tertiary/aromatic N) is 3. The molecule has 0 aliphatic heterocycles. The van der Waals surface area contributed by atoms with Crippen molar-refractivity contribution in [1.29, 1.82) is 0 Å². The molecule has 3 nitrogen and oxygen atoms in total. The largest absolute Gasteiger partial charge is 0.250 e. The van der Waals surface area contributed by atoms with Gasteiger partial charge in [-0.2, -0.15) is 0 Å². The molecular weight excluding hydrogens is 176 g/mol. The molecule has 74 valence electrons. The molecule has 1 atom stereocenters. The fourth-order valence-electron chi connectivity index (χ4n) is 1.78. The van der Waals surface area contributed by atoms with E-state index in [4.69, 9.17) is 5.53 Å². The van der Waals surface area contributed by atoms with Crippen LogP contribution in [0.1, 0.15) is 32.1 Å². The maximum atomic E-state index is 13.2. The molecule has 0 saturated heterocycles. The van der Waals surface area contributed by atoms with Crippen molar-refractivity contribution >= 4 is 0 Å². The number of azide groups is 1. The zero-order chi connectivity index (χ0) is 9.73. The molecule has 0 aromatic rings. The molecule has 0 amide bonds. The predicted octanol–water partition coefficient (Wildman–Crippen LogP) is 3.51. The smallest absolute Gasteiger partial charge is 0.207 e. The molecular formula is C8H13F2N3. The van der Waals surface area contributed by atoms with Crippen LogP contribution in [0.2, 0.25) is 0 Å². The van der Waals surface area contributed by atoms with Crippen LogP contribution < -0.4 is 0 Å². The first-order valence-electron chi connectivity index (χ1n) is 4.55. The lowest BCUT2D eigenvalue weighted by molar-refractivity contribution is -0.0872. The van der Waals surface area contributed by atoms with Crippen LogP contribution >= 0.6 is 0 Å². The van der Waals surface area contributed by atoms with Gasteiger partial charge in [0.05, 0.1) is 0 Å². The zero-order valence-electron chi connectivity index (χ0n) is 7.42. The van der Waals surface area contributed by atoms with Gasteiger partial charge in [-0.05, 0) is 24.8 Å². The molecule has 1 unspecified atom stereocenters. The van der Waals surface area contributed by atoms with Crippen LogP contribution in [0.4, 0.5) is 8.78 Å². The summed E-state index contributed by atoms with van der Waals surface area (Å²) in [4.78, 5) is 2.55. The third-order valence-electron chi connectivity index (χ3n) is 2.55. The summed E-state index contributed by atoms with van der Waals surface area (Å²) in [5, 5.41) is 3.28. The summed E-state index contributed by atoms with van der Waals surface area (Å²) in [6, 6.07) is 0. The zero-order valence-corrected chi connectivity index (χ0v) is 7.42. The van der Waals surface area contributed by atoms with E-state index in [-0.39, 0.29) is 13.0 Å². The first-order valence-corrected chi connectivity index (χ1v) is 4.55. The van der Waals surface area contributed by atoms with Crippen molar-refractivity contribution < 1.29 is 8.78 Å². The van der Waals surface area contributed by atoms with Crippen LogP contribution in [0.25, 0.3) is 10.4 Å². The van der Waals surface area contributed by atoms with Crippen molar-refractivity contribution in [3.05, 3.63) is 10.4 Å². The minimum Gasteiger partial charge on any atom is -0.207 e. The Morgan fingerprint density at radius 2 is 2.23 bits per heavy atom. The Labute approximate surface area is 75.8 Å². The van der Waals surface area contributed by atoms with Gasteiger partial charge in [0.25, 0.3) is 5.92 Å². The third-order valence-corrected chi connectivity index (χ3v) is 2.55. The summed E-state index contributed by atoms with van der Waals surface area (Å²) in [5.41, 5.74) is 8.00. The Bertz CT molecular complexity index is 211. The molecule has 0 radical (unpaired) electrons. The number of rotatable bonds is 3. The van der Waals surface area contributed by atoms with Crippen LogP contribution in [0.3, 0.4) is 0 Å². The number of hydrogen-bond acceptors (Lipinski definition) is 1. The summed E-state index contributed by atoms with van der Waals surface area (Å²) in [6.45, 7) is 0.191. The first kappa shape index (κ1) is 10.3. The summed E-state index contributed by atoms with van der Waals surface area (Å²) < 4.78 is 26.3. The summed E-state index contributed by atoms with van der Waals surface area (Å²) in [5.74, 6) is -3.12. The second-order valence-electron chi connectivity index (χ2n) is 3.45. The van der Waals surface area contributed by atoms with Gasteiger partial charge >= 0.3 is 0 Å². The minimum absolute atomic E-state index is 0.00602. The molecule has 0 aromatic carbocycles. The van der Waals surface area contributed by atoms with Gasteiger partial charge in [-0.3, -0.25) is 0 Å². The van der Waals surface area contributed by atoms with Crippen LogP contribution in [0.5, 0.6) is 0 Å².